The van der Waals surface area contributed by atoms with Crippen LogP contribution in [0.2, 0.25) is 0 Å². The van der Waals surface area contributed by atoms with Gasteiger partial charge in [-0.1, -0.05) is 26.7 Å². The maximum Gasteiger partial charge on any atom is 0.141 e. The lowest BCUT2D eigenvalue weighted by Crippen LogP contribution is -2.40. The van der Waals surface area contributed by atoms with Crippen LogP contribution >= 0.6 is 0 Å². The van der Waals surface area contributed by atoms with Gasteiger partial charge < -0.3 is 4.74 Å². The number of hydrogen-bond acceptors (Lipinski definition) is 2. The highest BCUT2D eigenvalue weighted by Gasteiger charge is 2.34. The zero-order valence-electron chi connectivity index (χ0n) is 9.58. The molecule has 14 heavy (non-hydrogen) atoms. The number of carbonyl (C=O) groups is 1. The zero-order chi connectivity index (χ0) is 10.6. The van der Waals surface area contributed by atoms with Crippen molar-refractivity contribution in [2.75, 3.05) is 0 Å². The van der Waals surface area contributed by atoms with Crippen molar-refractivity contribution in [1.82, 2.24) is 0 Å². The van der Waals surface area contributed by atoms with Crippen LogP contribution in [0.4, 0.5) is 0 Å². The van der Waals surface area contributed by atoms with Gasteiger partial charge in [-0.25, -0.2) is 0 Å². The Balaban J connectivity index is 2.60. The third-order valence-electron chi connectivity index (χ3n) is 2.93. The molecule has 0 unspecified atom stereocenters. The average Bonchev–Trinajstić information content (AvgIpc) is 2.11. The van der Waals surface area contributed by atoms with E-state index in [0.717, 1.165) is 25.7 Å². The summed E-state index contributed by atoms with van der Waals surface area (Å²) in [6.45, 7) is 6.28. The van der Waals surface area contributed by atoms with E-state index < -0.39 is 0 Å². The van der Waals surface area contributed by atoms with Gasteiger partial charge in [0.05, 0.1) is 12.2 Å². The summed E-state index contributed by atoms with van der Waals surface area (Å²) in [5, 5.41) is 0. The molecule has 0 radical (unpaired) electrons. The summed E-state index contributed by atoms with van der Waals surface area (Å²) in [4.78, 5) is 11.8. The van der Waals surface area contributed by atoms with Gasteiger partial charge in [0, 0.05) is 12.3 Å². The standard InChI is InChI=1S/C12H22O2/c1-4-6-10-11(13)8-9(3)14-12(10)7-5-2/h9-10,12H,4-8H2,1-3H3/t9-,10-,12+/m0/s1. The number of ketones is 1. The zero-order valence-corrected chi connectivity index (χ0v) is 9.58. The number of hydrogen-bond donors (Lipinski definition) is 0. The van der Waals surface area contributed by atoms with Crippen molar-refractivity contribution in [1.29, 1.82) is 0 Å². The molecule has 0 aromatic rings. The summed E-state index contributed by atoms with van der Waals surface area (Å²) in [6, 6.07) is 0. The van der Waals surface area contributed by atoms with E-state index in [-0.39, 0.29) is 18.1 Å². The van der Waals surface area contributed by atoms with Crippen molar-refractivity contribution in [2.24, 2.45) is 5.92 Å². The van der Waals surface area contributed by atoms with E-state index >= 15 is 0 Å². The van der Waals surface area contributed by atoms with Crippen LogP contribution in [-0.2, 0) is 9.53 Å². The Morgan fingerprint density at radius 1 is 1.29 bits per heavy atom. The lowest BCUT2D eigenvalue weighted by molar-refractivity contribution is -0.145. The molecular formula is C12H22O2. The Morgan fingerprint density at radius 2 is 1.93 bits per heavy atom. The lowest BCUT2D eigenvalue weighted by atomic mass is 9.85. The van der Waals surface area contributed by atoms with Gasteiger partial charge in [-0.2, -0.15) is 0 Å². The van der Waals surface area contributed by atoms with Crippen LogP contribution in [0.3, 0.4) is 0 Å². The minimum atomic E-state index is 0.132. The van der Waals surface area contributed by atoms with Gasteiger partial charge in [-0.05, 0) is 19.8 Å². The monoisotopic (exact) mass is 198 g/mol. The molecule has 2 heteroatoms. The Morgan fingerprint density at radius 3 is 2.50 bits per heavy atom. The predicted octanol–water partition coefficient (Wildman–Crippen LogP) is 2.95. The summed E-state index contributed by atoms with van der Waals surface area (Å²) in [6.07, 6.45) is 5.14. The topological polar surface area (TPSA) is 26.3 Å². The van der Waals surface area contributed by atoms with Gasteiger partial charge in [0.15, 0.2) is 0 Å². The maximum absolute atomic E-state index is 11.8. The lowest BCUT2D eigenvalue weighted by Gasteiger charge is -2.34. The molecule has 82 valence electrons. The highest BCUT2D eigenvalue weighted by atomic mass is 16.5. The average molecular weight is 198 g/mol. The van der Waals surface area contributed by atoms with E-state index in [4.69, 9.17) is 4.74 Å². The molecule has 1 aliphatic rings. The van der Waals surface area contributed by atoms with Crippen LogP contribution < -0.4 is 0 Å². The Bertz CT molecular complexity index is 189. The van der Waals surface area contributed by atoms with Crippen LogP contribution in [0.25, 0.3) is 0 Å². The van der Waals surface area contributed by atoms with Crippen LogP contribution in [0.1, 0.15) is 52.9 Å². The molecule has 1 fully saturated rings. The number of Topliss-reactive ketones (excluding diaryl/α,β-unsaturated/α-hetero) is 1. The molecule has 0 aliphatic carbocycles. The van der Waals surface area contributed by atoms with Gasteiger partial charge in [-0.15, -0.1) is 0 Å². The summed E-state index contributed by atoms with van der Waals surface area (Å²) in [5.41, 5.74) is 0. The molecule has 0 bridgehead atoms. The van der Waals surface area contributed by atoms with Crippen molar-refractivity contribution >= 4 is 5.78 Å². The van der Waals surface area contributed by atoms with Crippen molar-refractivity contribution in [3.63, 3.8) is 0 Å². The molecule has 3 atom stereocenters. The molecule has 0 saturated carbocycles. The normalized spacial score (nSPS) is 33.4. The molecule has 1 aliphatic heterocycles. The molecule has 0 aromatic heterocycles. The molecule has 0 N–H and O–H groups in total. The van der Waals surface area contributed by atoms with E-state index in [1.54, 1.807) is 0 Å². The van der Waals surface area contributed by atoms with Crippen LogP contribution in [-0.4, -0.2) is 18.0 Å². The fourth-order valence-electron chi connectivity index (χ4n) is 2.29. The summed E-state index contributed by atoms with van der Waals surface area (Å²) in [5.74, 6) is 0.597. The fraction of sp³-hybridized carbons (Fsp3) is 0.917. The van der Waals surface area contributed by atoms with Gasteiger partial charge in [0.25, 0.3) is 0 Å². The van der Waals surface area contributed by atoms with E-state index in [1.165, 1.54) is 0 Å². The third-order valence-corrected chi connectivity index (χ3v) is 2.93. The summed E-state index contributed by atoms with van der Waals surface area (Å²) in [7, 11) is 0. The minimum absolute atomic E-state index is 0.132. The second kappa shape index (κ2) is 5.50. The number of rotatable bonds is 4. The van der Waals surface area contributed by atoms with E-state index in [9.17, 15) is 4.79 Å². The first-order chi connectivity index (χ1) is 6.69. The highest BCUT2D eigenvalue weighted by molar-refractivity contribution is 5.82. The minimum Gasteiger partial charge on any atom is -0.374 e. The first-order valence-corrected chi connectivity index (χ1v) is 5.87. The largest absolute Gasteiger partial charge is 0.374 e. The van der Waals surface area contributed by atoms with E-state index in [2.05, 4.69) is 13.8 Å². The van der Waals surface area contributed by atoms with Gasteiger partial charge in [0.2, 0.25) is 0 Å². The molecule has 2 nitrogen and oxygen atoms in total. The molecule has 1 heterocycles. The smallest absolute Gasteiger partial charge is 0.141 e. The Kier molecular flexibility index (Phi) is 4.59. The third kappa shape index (κ3) is 2.81. The SMILES string of the molecule is CCC[C@H]1O[C@@H](C)CC(=O)[C@@H]1CCC. The quantitative estimate of drug-likeness (QED) is 0.694. The van der Waals surface area contributed by atoms with Crippen molar-refractivity contribution in [2.45, 2.75) is 65.1 Å². The van der Waals surface area contributed by atoms with Crippen molar-refractivity contribution < 1.29 is 9.53 Å². The maximum atomic E-state index is 11.8. The summed E-state index contributed by atoms with van der Waals surface area (Å²) < 4.78 is 5.84. The first-order valence-electron chi connectivity index (χ1n) is 5.87. The van der Waals surface area contributed by atoms with Crippen LogP contribution in [0.15, 0.2) is 0 Å². The first kappa shape index (κ1) is 11.7. The number of carbonyl (C=O) groups excluding carboxylic acids is 1. The van der Waals surface area contributed by atoms with Crippen LogP contribution in [0, 0.1) is 5.92 Å². The Hall–Kier alpha value is -0.370. The molecule has 1 saturated heterocycles. The highest BCUT2D eigenvalue weighted by Crippen LogP contribution is 2.28. The predicted molar refractivity (Wildman–Crippen MR) is 57.3 cm³/mol. The Labute approximate surface area is 87.0 Å². The van der Waals surface area contributed by atoms with E-state index in [0.29, 0.717) is 12.2 Å². The number of ether oxygens (including phenoxy) is 1. The van der Waals surface area contributed by atoms with Gasteiger partial charge in [0.1, 0.15) is 5.78 Å². The molecule has 0 aromatic carbocycles. The second-order valence-electron chi connectivity index (χ2n) is 4.34. The summed E-state index contributed by atoms with van der Waals surface area (Å²) >= 11 is 0. The molecule has 1 rings (SSSR count). The van der Waals surface area contributed by atoms with Crippen LogP contribution in [0.5, 0.6) is 0 Å². The molecular weight excluding hydrogens is 176 g/mol. The van der Waals surface area contributed by atoms with Crippen molar-refractivity contribution in [3.8, 4) is 0 Å². The van der Waals surface area contributed by atoms with Gasteiger partial charge >= 0.3 is 0 Å². The molecule has 0 amide bonds. The van der Waals surface area contributed by atoms with Gasteiger partial charge in [-0.3, -0.25) is 4.79 Å². The van der Waals surface area contributed by atoms with E-state index in [1.807, 2.05) is 6.92 Å². The van der Waals surface area contributed by atoms with Crippen molar-refractivity contribution in [3.05, 3.63) is 0 Å². The molecule has 0 spiro atoms. The second-order valence-corrected chi connectivity index (χ2v) is 4.34. The fourth-order valence-corrected chi connectivity index (χ4v) is 2.29.